The Morgan fingerprint density at radius 1 is 1.11 bits per heavy atom. The van der Waals surface area contributed by atoms with E-state index >= 15 is 0 Å². The van der Waals surface area contributed by atoms with Crippen LogP contribution in [0.3, 0.4) is 0 Å². The third-order valence-electron chi connectivity index (χ3n) is 4.51. The monoisotopic (exact) mass is 399 g/mol. The summed E-state index contributed by atoms with van der Waals surface area (Å²) in [6, 6.07) is 15.1. The zero-order valence-corrected chi connectivity index (χ0v) is 16.7. The van der Waals surface area contributed by atoms with Crippen molar-refractivity contribution in [3.63, 3.8) is 0 Å². The highest BCUT2D eigenvalue weighted by Crippen LogP contribution is 2.25. The van der Waals surface area contributed by atoms with Crippen molar-refractivity contribution in [2.45, 2.75) is 18.2 Å². The zero-order chi connectivity index (χ0) is 20.5. The quantitative estimate of drug-likeness (QED) is 0.696. The molecule has 0 N–H and O–H groups in total. The van der Waals surface area contributed by atoms with Crippen molar-refractivity contribution in [3.05, 3.63) is 60.2 Å². The number of ketones is 1. The molecule has 7 nitrogen and oxygen atoms in total. The average Bonchev–Trinajstić information content (AvgIpc) is 2.96. The Morgan fingerprint density at radius 2 is 1.79 bits per heavy atom. The van der Waals surface area contributed by atoms with Gasteiger partial charge in [-0.05, 0) is 36.8 Å². The second kappa shape index (κ2) is 7.65. The van der Waals surface area contributed by atoms with Gasteiger partial charge in [0.25, 0.3) is 5.91 Å². The number of benzene rings is 2. The Bertz CT molecular complexity index is 1050. The molecule has 1 atom stereocenters. The van der Waals surface area contributed by atoms with Gasteiger partial charge in [0.1, 0.15) is 5.92 Å². The number of hydrogen-bond donors (Lipinski definition) is 0. The molecule has 28 heavy (non-hydrogen) atoms. The van der Waals surface area contributed by atoms with Gasteiger partial charge in [0.05, 0.1) is 16.3 Å². The van der Waals surface area contributed by atoms with Gasteiger partial charge in [0, 0.05) is 20.5 Å². The van der Waals surface area contributed by atoms with Crippen LogP contribution in [0, 0.1) is 5.92 Å². The molecule has 3 rings (SSSR count). The van der Waals surface area contributed by atoms with Crippen LogP contribution in [-0.4, -0.2) is 44.2 Å². The van der Waals surface area contributed by atoms with E-state index in [1.807, 2.05) is 6.07 Å². The van der Waals surface area contributed by atoms with Crippen molar-refractivity contribution in [2.75, 3.05) is 19.1 Å². The summed E-state index contributed by atoms with van der Waals surface area (Å²) in [5.74, 6) is -1.68. The van der Waals surface area contributed by atoms with Gasteiger partial charge in [-0.25, -0.2) is 12.7 Å². The Hall–Kier alpha value is -2.84. The van der Waals surface area contributed by atoms with Gasteiger partial charge >= 0.3 is 0 Å². The van der Waals surface area contributed by atoms with E-state index in [9.17, 15) is 18.0 Å². The molecule has 0 aliphatic carbocycles. The molecular weight excluding hydrogens is 378 g/mol. The summed E-state index contributed by atoms with van der Waals surface area (Å²) in [7, 11) is -0.704. The fraction of sp³-hybridized carbons (Fsp3) is 0.250. The minimum atomic E-state index is -3.60. The molecule has 2 aromatic carbocycles. The van der Waals surface area contributed by atoms with E-state index in [0.717, 1.165) is 4.31 Å². The first-order valence-corrected chi connectivity index (χ1v) is 10.1. The number of rotatable bonds is 6. The van der Waals surface area contributed by atoms with Crippen molar-refractivity contribution in [1.29, 1.82) is 0 Å². The smallest absolute Gasteiger partial charge is 0.263 e. The van der Waals surface area contributed by atoms with Crippen LogP contribution in [0.5, 0.6) is 0 Å². The van der Waals surface area contributed by atoms with Crippen molar-refractivity contribution in [1.82, 2.24) is 4.31 Å². The lowest BCUT2D eigenvalue weighted by atomic mass is 9.94. The Morgan fingerprint density at radius 3 is 2.43 bits per heavy atom. The normalized spacial score (nSPS) is 17.1. The van der Waals surface area contributed by atoms with E-state index in [2.05, 4.69) is 5.10 Å². The zero-order valence-electron chi connectivity index (χ0n) is 15.9. The van der Waals surface area contributed by atoms with Gasteiger partial charge in [-0.1, -0.05) is 30.3 Å². The predicted molar refractivity (Wildman–Crippen MR) is 107 cm³/mol. The Kier molecular flexibility index (Phi) is 5.44. The third kappa shape index (κ3) is 3.74. The molecule has 0 radical (unpaired) electrons. The fourth-order valence-electron chi connectivity index (χ4n) is 3.02. The van der Waals surface area contributed by atoms with E-state index in [0.29, 0.717) is 17.0 Å². The highest BCUT2D eigenvalue weighted by molar-refractivity contribution is 7.89. The highest BCUT2D eigenvalue weighted by atomic mass is 32.2. The van der Waals surface area contributed by atoms with Crippen LogP contribution in [0.4, 0.5) is 5.69 Å². The summed E-state index contributed by atoms with van der Waals surface area (Å²) in [6.45, 7) is 1.65. The molecule has 146 valence electrons. The number of sulfonamides is 1. The molecule has 0 saturated heterocycles. The number of carbonyl (C=O) groups is 2. The van der Waals surface area contributed by atoms with Crippen molar-refractivity contribution in [2.24, 2.45) is 11.0 Å². The van der Waals surface area contributed by atoms with Gasteiger partial charge in [-0.2, -0.15) is 10.1 Å². The topological polar surface area (TPSA) is 87.1 Å². The molecule has 1 amide bonds. The van der Waals surface area contributed by atoms with Crippen LogP contribution in [0.1, 0.15) is 12.5 Å². The number of amides is 1. The Labute approximate surface area is 164 Å². The molecule has 0 saturated carbocycles. The summed E-state index contributed by atoms with van der Waals surface area (Å²) in [5.41, 5.74) is 1.56. The maximum atomic E-state index is 12.8. The van der Waals surface area contributed by atoms with Gasteiger partial charge in [0.15, 0.2) is 5.78 Å². The lowest BCUT2D eigenvalue weighted by Crippen LogP contribution is -2.33. The Balaban J connectivity index is 1.81. The molecule has 0 bridgehead atoms. The molecular formula is C20H21N3O4S. The maximum Gasteiger partial charge on any atom is 0.263 e. The summed E-state index contributed by atoms with van der Waals surface area (Å²) in [5, 5.41) is 5.48. The summed E-state index contributed by atoms with van der Waals surface area (Å²) < 4.78 is 25.7. The minimum absolute atomic E-state index is 0.0529. The molecule has 8 heteroatoms. The largest absolute Gasteiger partial charge is 0.298 e. The molecule has 1 aliphatic rings. The number of para-hydroxylation sites is 1. The molecule has 1 unspecified atom stereocenters. The standard InChI is InChI=1S/C20H21N3O4S/c1-14-19(20(25)23(21-14)16-9-5-4-6-10-16)18(24)13-15-8-7-11-17(12-15)28(26,27)22(2)3/h4-12,19H,13H2,1-3H3. The second-order valence-corrected chi connectivity index (χ2v) is 8.89. The van der Waals surface area contributed by atoms with E-state index in [1.165, 1.54) is 31.2 Å². The number of hydrazone groups is 1. The van der Waals surface area contributed by atoms with E-state index < -0.39 is 21.8 Å². The van der Waals surface area contributed by atoms with Crippen LogP contribution in [0.15, 0.2) is 64.6 Å². The lowest BCUT2D eigenvalue weighted by molar-refractivity contribution is -0.128. The van der Waals surface area contributed by atoms with Gasteiger partial charge in [0.2, 0.25) is 10.0 Å². The van der Waals surface area contributed by atoms with Crippen molar-refractivity contribution in [3.8, 4) is 0 Å². The van der Waals surface area contributed by atoms with Gasteiger partial charge < -0.3 is 0 Å². The molecule has 1 aliphatic heterocycles. The van der Waals surface area contributed by atoms with Gasteiger partial charge in [-0.15, -0.1) is 0 Å². The summed E-state index contributed by atoms with van der Waals surface area (Å²) in [6.07, 6.45) is -0.0529. The first-order valence-electron chi connectivity index (χ1n) is 8.70. The highest BCUT2D eigenvalue weighted by Gasteiger charge is 2.39. The third-order valence-corrected chi connectivity index (χ3v) is 6.32. The first kappa shape index (κ1) is 19.9. The van der Waals surface area contributed by atoms with Crippen LogP contribution < -0.4 is 5.01 Å². The minimum Gasteiger partial charge on any atom is -0.298 e. The van der Waals surface area contributed by atoms with Crippen LogP contribution in [0.25, 0.3) is 0 Å². The van der Waals surface area contributed by atoms with Crippen LogP contribution in [0.2, 0.25) is 0 Å². The average molecular weight is 399 g/mol. The van der Waals surface area contributed by atoms with Crippen LogP contribution >= 0.6 is 0 Å². The van der Waals surface area contributed by atoms with Crippen molar-refractivity contribution >= 4 is 33.1 Å². The van der Waals surface area contributed by atoms with E-state index in [1.54, 1.807) is 43.3 Å². The molecule has 0 aromatic heterocycles. The molecule has 2 aromatic rings. The van der Waals surface area contributed by atoms with E-state index in [4.69, 9.17) is 0 Å². The molecule has 1 heterocycles. The molecule has 0 spiro atoms. The SMILES string of the molecule is CC1=NN(c2ccccc2)C(=O)C1C(=O)Cc1cccc(S(=O)(=O)N(C)C)c1. The fourth-order valence-corrected chi connectivity index (χ4v) is 3.99. The van der Waals surface area contributed by atoms with Crippen LogP contribution in [-0.2, 0) is 26.0 Å². The number of Topliss-reactive ketones (excluding diaryl/α,β-unsaturated/α-hetero) is 1. The maximum absolute atomic E-state index is 12.8. The number of nitrogens with zero attached hydrogens (tertiary/aromatic N) is 3. The van der Waals surface area contributed by atoms with E-state index in [-0.39, 0.29) is 17.1 Å². The number of carbonyl (C=O) groups excluding carboxylic acids is 2. The summed E-state index contributed by atoms with van der Waals surface area (Å²) >= 11 is 0. The number of hydrogen-bond acceptors (Lipinski definition) is 5. The second-order valence-electron chi connectivity index (χ2n) is 6.74. The predicted octanol–water partition coefficient (Wildman–Crippen LogP) is 2.09. The summed E-state index contributed by atoms with van der Waals surface area (Å²) in [4.78, 5) is 25.7. The number of anilines is 1. The first-order chi connectivity index (χ1) is 13.2. The lowest BCUT2D eigenvalue weighted by Gasteiger charge is -2.14. The molecule has 0 fully saturated rings. The van der Waals surface area contributed by atoms with Crippen molar-refractivity contribution < 1.29 is 18.0 Å². The van der Waals surface area contributed by atoms with Gasteiger partial charge in [-0.3, -0.25) is 9.59 Å².